The van der Waals surface area contributed by atoms with Gasteiger partial charge >= 0.3 is 0 Å². The van der Waals surface area contributed by atoms with Crippen molar-refractivity contribution in [3.8, 4) is 0 Å². The van der Waals surface area contributed by atoms with E-state index < -0.39 is 0 Å². The van der Waals surface area contributed by atoms with Crippen molar-refractivity contribution >= 4 is 11.4 Å². The van der Waals surface area contributed by atoms with E-state index in [2.05, 4.69) is 39.5 Å². The predicted octanol–water partition coefficient (Wildman–Crippen LogP) is 4.64. The maximum atomic E-state index is 13.1. The van der Waals surface area contributed by atoms with Crippen molar-refractivity contribution in [2.45, 2.75) is 46.5 Å². The van der Waals surface area contributed by atoms with Gasteiger partial charge in [0.05, 0.1) is 12.7 Å². The summed E-state index contributed by atoms with van der Waals surface area (Å²) in [6.45, 7) is 10.5. The van der Waals surface area contributed by atoms with E-state index in [1.807, 2.05) is 0 Å². The van der Waals surface area contributed by atoms with Crippen LogP contribution in [0.15, 0.2) is 30.0 Å². The molecule has 1 saturated carbocycles. The van der Waals surface area contributed by atoms with Crippen LogP contribution in [0.3, 0.4) is 0 Å². The number of carbonyl (C=O) groups excluding carboxylic acids is 1. The summed E-state index contributed by atoms with van der Waals surface area (Å²) in [6.07, 6.45) is 3.56. The average Bonchev–Trinajstić information content (AvgIpc) is 3.02. The lowest BCUT2D eigenvalue weighted by atomic mass is 9.87. The zero-order valence-electron chi connectivity index (χ0n) is 14.7. The van der Waals surface area contributed by atoms with E-state index >= 15 is 0 Å². The molecule has 0 aliphatic heterocycles. The molecule has 0 saturated heterocycles. The minimum atomic E-state index is 0.0446. The maximum absolute atomic E-state index is 13.1. The fraction of sp³-hybridized carbons (Fsp3) is 0.476. The molecule has 122 valence electrons. The second-order valence-corrected chi connectivity index (χ2v) is 6.84. The largest absolute Gasteiger partial charge is 0.500 e. The molecular formula is C21H26O2. The van der Waals surface area contributed by atoms with E-state index in [1.165, 1.54) is 22.3 Å². The van der Waals surface area contributed by atoms with Crippen LogP contribution in [0.5, 0.6) is 0 Å². The third-order valence-corrected chi connectivity index (χ3v) is 5.35. The summed E-state index contributed by atoms with van der Waals surface area (Å²) in [7, 11) is 1.71. The first-order valence-electron chi connectivity index (χ1n) is 8.63. The second-order valence-electron chi connectivity index (χ2n) is 6.84. The van der Waals surface area contributed by atoms with Gasteiger partial charge in [0.25, 0.3) is 0 Å². The summed E-state index contributed by atoms with van der Waals surface area (Å²) < 4.78 is 5.76. The van der Waals surface area contributed by atoms with E-state index in [0.717, 1.165) is 42.6 Å². The Hall–Kier alpha value is -1.83. The fourth-order valence-electron chi connectivity index (χ4n) is 4.35. The first-order chi connectivity index (χ1) is 11.0. The molecule has 0 heterocycles. The fourth-order valence-corrected chi connectivity index (χ4v) is 4.35. The van der Waals surface area contributed by atoms with E-state index in [1.54, 1.807) is 7.11 Å². The second kappa shape index (κ2) is 5.99. The Morgan fingerprint density at radius 2 is 1.70 bits per heavy atom. The molecule has 2 aliphatic rings. The van der Waals surface area contributed by atoms with Gasteiger partial charge in [-0.05, 0) is 49.3 Å². The Labute approximate surface area is 139 Å². The van der Waals surface area contributed by atoms with Crippen molar-refractivity contribution < 1.29 is 9.53 Å². The molecule has 0 bridgehead atoms. The first-order valence-corrected chi connectivity index (χ1v) is 8.63. The number of methoxy groups -OCH3 is 1. The molecule has 1 aromatic carbocycles. The van der Waals surface area contributed by atoms with Crippen LogP contribution in [-0.4, -0.2) is 12.9 Å². The van der Waals surface area contributed by atoms with Gasteiger partial charge in [-0.25, -0.2) is 0 Å². The number of aryl methyl sites for hydroxylation is 3. The third-order valence-electron chi connectivity index (χ3n) is 5.35. The average molecular weight is 310 g/mol. The van der Waals surface area contributed by atoms with Crippen molar-refractivity contribution in [1.29, 1.82) is 0 Å². The Morgan fingerprint density at radius 1 is 1.13 bits per heavy atom. The van der Waals surface area contributed by atoms with Crippen LogP contribution in [0.25, 0.3) is 5.57 Å². The number of Topliss-reactive ketones (excluding diaryl/α,β-unsaturated/α-hetero) is 1. The number of hydrogen-bond donors (Lipinski definition) is 0. The van der Waals surface area contributed by atoms with E-state index in [0.29, 0.717) is 0 Å². The first kappa shape index (κ1) is 16.0. The summed E-state index contributed by atoms with van der Waals surface area (Å²) in [5, 5.41) is 0. The summed E-state index contributed by atoms with van der Waals surface area (Å²) in [6, 6.07) is 4.43. The van der Waals surface area contributed by atoms with Crippen LogP contribution >= 0.6 is 0 Å². The maximum Gasteiger partial charge on any atom is 0.171 e. The molecule has 0 N–H and O–H groups in total. The van der Waals surface area contributed by atoms with Gasteiger partial charge in [-0.2, -0.15) is 0 Å². The Balaban J connectivity index is 2.23. The van der Waals surface area contributed by atoms with Crippen LogP contribution in [-0.2, 0) is 22.4 Å². The molecule has 0 aromatic heterocycles. The number of ether oxygens (including phenoxy) is 1. The number of hydrogen-bond acceptors (Lipinski definition) is 2. The van der Waals surface area contributed by atoms with Crippen LogP contribution in [0.4, 0.5) is 0 Å². The monoisotopic (exact) mass is 310 g/mol. The standard InChI is InChI=1S/C21H26O2/c1-6-14-8-12(3)9-15(7-2)18(14)19-20(22)16-10-13(4)11-17(16)21(19)23-5/h8-9,16-17H,4,6-7,10-11H2,1-3,5H3. The van der Waals surface area contributed by atoms with E-state index in [4.69, 9.17) is 4.74 Å². The highest BCUT2D eigenvalue weighted by atomic mass is 16.5. The highest BCUT2D eigenvalue weighted by Gasteiger charge is 2.47. The zero-order valence-corrected chi connectivity index (χ0v) is 14.7. The Bertz CT molecular complexity index is 684. The molecule has 1 aromatic rings. The molecule has 23 heavy (non-hydrogen) atoms. The summed E-state index contributed by atoms with van der Waals surface area (Å²) >= 11 is 0. The summed E-state index contributed by atoms with van der Waals surface area (Å²) in [5.41, 5.74) is 6.96. The van der Waals surface area contributed by atoms with Crippen LogP contribution in [0.2, 0.25) is 0 Å². The van der Waals surface area contributed by atoms with Gasteiger partial charge in [-0.1, -0.05) is 43.7 Å². The van der Waals surface area contributed by atoms with Crippen molar-refractivity contribution in [1.82, 2.24) is 0 Å². The molecule has 2 nitrogen and oxygen atoms in total. The lowest BCUT2D eigenvalue weighted by molar-refractivity contribution is -0.117. The highest BCUT2D eigenvalue weighted by molar-refractivity contribution is 6.25. The number of benzene rings is 1. The van der Waals surface area contributed by atoms with Gasteiger partial charge in [0.1, 0.15) is 5.76 Å². The normalized spacial score (nSPS) is 23.7. The van der Waals surface area contributed by atoms with Gasteiger partial charge in [0.15, 0.2) is 5.78 Å². The Morgan fingerprint density at radius 3 is 2.22 bits per heavy atom. The molecule has 2 aliphatic carbocycles. The third kappa shape index (κ3) is 2.45. The molecule has 2 unspecified atom stereocenters. The van der Waals surface area contributed by atoms with E-state index in [9.17, 15) is 4.79 Å². The lowest BCUT2D eigenvalue weighted by Crippen LogP contribution is -2.13. The number of carbonyl (C=O) groups is 1. The quantitative estimate of drug-likeness (QED) is 0.757. The molecule has 0 radical (unpaired) electrons. The van der Waals surface area contributed by atoms with Gasteiger partial charge in [-0.3, -0.25) is 4.79 Å². The van der Waals surface area contributed by atoms with Crippen molar-refractivity contribution in [3.63, 3.8) is 0 Å². The van der Waals surface area contributed by atoms with Gasteiger partial charge in [0, 0.05) is 11.8 Å². The van der Waals surface area contributed by atoms with Crippen molar-refractivity contribution in [3.05, 3.63) is 52.3 Å². The lowest BCUT2D eigenvalue weighted by Gasteiger charge is -2.17. The zero-order chi connectivity index (χ0) is 16.7. The van der Waals surface area contributed by atoms with Crippen LogP contribution in [0.1, 0.15) is 48.9 Å². The Kier molecular flexibility index (Phi) is 4.18. The van der Waals surface area contributed by atoms with Gasteiger partial charge in [-0.15, -0.1) is 0 Å². The molecule has 1 fully saturated rings. The van der Waals surface area contributed by atoms with Gasteiger partial charge < -0.3 is 4.74 Å². The summed E-state index contributed by atoms with van der Waals surface area (Å²) in [5.74, 6) is 1.40. The highest BCUT2D eigenvalue weighted by Crippen LogP contribution is 2.51. The van der Waals surface area contributed by atoms with Crippen LogP contribution < -0.4 is 0 Å². The molecular weight excluding hydrogens is 284 g/mol. The SMILES string of the molecule is C=C1CC2C(=O)C(c3c(CC)cc(C)cc3CC)=C(OC)C2C1. The molecule has 2 heteroatoms. The predicted molar refractivity (Wildman–Crippen MR) is 94.2 cm³/mol. The van der Waals surface area contributed by atoms with Crippen LogP contribution in [0, 0.1) is 18.8 Å². The topological polar surface area (TPSA) is 26.3 Å². The van der Waals surface area contributed by atoms with Crippen molar-refractivity contribution in [2.24, 2.45) is 11.8 Å². The minimum absolute atomic E-state index is 0.0446. The molecule has 3 rings (SSSR count). The molecule has 0 spiro atoms. The number of allylic oxidation sites excluding steroid dienone is 3. The van der Waals surface area contributed by atoms with Crippen molar-refractivity contribution in [2.75, 3.05) is 7.11 Å². The van der Waals surface area contributed by atoms with Gasteiger partial charge in [0.2, 0.25) is 0 Å². The molecule has 2 atom stereocenters. The van der Waals surface area contributed by atoms with E-state index in [-0.39, 0.29) is 17.6 Å². The summed E-state index contributed by atoms with van der Waals surface area (Å²) in [4.78, 5) is 13.1. The minimum Gasteiger partial charge on any atom is -0.500 e. The molecule has 0 amide bonds. The number of rotatable bonds is 4. The smallest absolute Gasteiger partial charge is 0.171 e. The number of fused-ring (bicyclic) bond motifs is 1. The number of ketones is 1.